The second-order valence-corrected chi connectivity index (χ2v) is 5.77. The second-order valence-electron chi connectivity index (χ2n) is 4.17. The summed E-state index contributed by atoms with van der Waals surface area (Å²) in [5.74, 6) is 0. The van der Waals surface area contributed by atoms with E-state index >= 15 is 0 Å². The zero-order valence-electron chi connectivity index (χ0n) is 9.26. The van der Waals surface area contributed by atoms with Gasteiger partial charge in [-0.2, -0.15) is 12.7 Å². The molecule has 0 aromatic heterocycles. The number of fused-ring (bicyclic) bond motifs is 1. The van der Waals surface area contributed by atoms with Gasteiger partial charge in [0, 0.05) is 7.05 Å². The third kappa shape index (κ3) is 2.11. The Kier molecular flexibility index (Phi) is 3.01. The van der Waals surface area contributed by atoms with Crippen LogP contribution in [-0.2, 0) is 16.6 Å². The van der Waals surface area contributed by atoms with E-state index < -0.39 is 10.2 Å². The largest absolute Gasteiger partial charge is 0.277 e. The highest BCUT2D eigenvalue weighted by atomic mass is 32.2. The predicted octanol–water partition coefficient (Wildman–Crippen LogP) is 1.20. The van der Waals surface area contributed by atoms with E-state index in [4.69, 9.17) is 5.14 Å². The van der Waals surface area contributed by atoms with Gasteiger partial charge in [0.05, 0.1) is 6.04 Å². The molecule has 0 unspecified atom stereocenters. The Labute approximate surface area is 96.2 Å². The molecule has 2 rings (SSSR count). The monoisotopic (exact) mass is 240 g/mol. The van der Waals surface area contributed by atoms with Crippen molar-refractivity contribution in [2.45, 2.75) is 25.3 Å². The van der Waals surface area contributed by atoms with Crippen molar-refractivity contribution >= 4 is 10.2 Å². The molecule has 88 valence electrons. The highest BCUT2D eigenvalue weighted by Gasteiger charge is 2.28. The lowest BCUT2D eigenvalue weighted by Gasteiger charge is -2.31. The van der Waals surface area contributed by atoms with Gasteiger partial charge in [0.1, 0.15) is 0 Å². The number of aryl methyl sites for hydroxylation is 1. The van der Waals surface area contributed by atoms with E-state index in [1.807, 2.05) is 18.2 Å². The standard InChI is InChI=1S/C11H16N2O2S/c1-13(16(12,14)15)11-8-4-6-9-5-2-3-7-10(9)11/h2-3,5,7,11H,4,6,8H2,1H3,(H2,12,14,15)/t11-/m1/s1. The molecule has 0 saturated heterocycles. The molecule has 1 aromatic carbocycles. The first-order valence-electron chi connectivity index (χ1n) is 5.33. The molecule has 2 N–H and O–H groups in total. The van der Waals surface area contributed by atoms with Crippen molar-refractivity contribution in [3.63, 3.8) is 0 Å². The molecule has 1 aromatic rings. The average molecular weight is 240 g/mol. The maximum atomic E-state index is 11.3. The molecule has 5 heteroatoms. The van der Waals surface area contributed by atoms with Crippen LogP contribution in [0.5, 0.6) is 0 Å². The van der Waals surface area contributed by atoms with Crippen molar-refractivity contribution in [2.75, 3.05) is 7.05 Å². The van der Waals surface area contributed by atoms with Gasteiger partial charge in [-0.3, -0.25) is 0 Å². The Balaban J connectivity index is 2.39. The summed E-state index contributed by atoms with van der Waals surface area (Å²) < 4.78 is 24.0. The Morgan fingerprint density at radius 1 is 1.38 bits per heavy atom. The molecule has 1 atom stereocenters. The Morgan fingerprint density at radius 3 is 2.75 bits per heavy atom. The first-order valence-corrected chi connectivity index (χ1v) is 6.84. The molecule has 0 radical (unpaired) electrons. The van der Waals surface area contributed by atoms with E-state index in [-0.39, 0.29) is 6.04 Å². The summed E-state index contributed by atoms with van der Waals surface area (Å²) in [5, 5.41) is 5.17. The second kappa shape index (κ2) is 4.16. The van der Waals surface area contributed by atoms with Crippen LogP contribution in [-0.4, -0.2) is 19.8 Å². The molecule has 0 amide bonds. The van der Waals surface area contributed by atoms with Crippen molar-refractivity contribution in [3.8, 4) is 0 Å². The SMILES string of the molecule is CN([C@@H]1CCCc2ccccc21)S(N)(=O)=O. The number of hydrogen-bond donors (Lipinski definition) is 1. The van der Waals surface area contributed by atoms with E-state index in [9.17, 15) is 8.42 Å². The minimum absolute atomic E-state index is 0.111. The number of benzene rings is 1. The molecule has 1 aliphatic carbocycles. The molecule has 0 heterocycles. The van der Waals surface area contributed by atoms with Crippen LogP contribution in [0.25, 0.3) is 0 Å². The smallest absolute Gasteiger partial charge is 0.216 e. The quantitative estimate of drug-likeness (QED) is 0.844. The van der Waals surface area contributed by atoms with E-state index in [1.54, 1.807) is 7.05 Å². The molecular weight excluding hydrogens is 224 g/mol. The minimum atomic E-state index is -3.61. The number of nitrogens with two attached hydrogens (primary N) is 1. The third-order valence-electron chi connectivity index (χ3n) is 3.18. The fourth-order valence-corrected chi connectivity index (χ4v) is 2.86. The van der Waals surface area contributed by atoms with E-state index in [0.29, 0.717) is 0 Å². The van der Waals surface area contributed by atoms with E-state index in [0.717, 1.165) is 24.8 Å². The van der Waals surface area contributed by atoms with E-state index in [1.165, 1.54) is 9.87 Å². The lowest BCUT2D eigenvalue weighted by atomic mass is 9.88. The molecule has 0 aliphatic heterocycles. The lowest BCUT2D eigenvalue weighted by Crippen LogP contribution is -2.37. The topological polar surface area (TPSA) is 63.4 Å². The average Bonchev–Trinajstić information content (AvgIpc) is 2.26. The number of rotatable bonds is 2. The Morgan fingerprint density at radius 2 is 2.06 bits per heavy atom. The first-order chi connectivity index (χ1) is 7.50. The van der Waals surface area contributed by atoms with Gasteiger partial charge in [-0.25, -0.2) is 5.14 Å². The number of hydrogen-bond acceptors (Lipinski definition) is 2. The van der Waals surface area contributed by atoms with Crippen molar-refractivity contribution in [2.24, 2.45) is 5.14 Å². The predicted molar refractivity (Wildman–Crippen MR) is 63.0 cm³/mol. The maximum Gasteiger partial charge on any atom is 0.277 e. The van der Waals surface area contributed by atoms with Crippen LogP contribution < -0.4 is 5.14 Å². The van der Waals surface area contributed by atoms with Crippen molar-refractivity contribution in [1.82, 2.24) is 4.31 Å². The van der Waals surface area contributed by atoms with Gasteiger partial charge >= 0.3 is 0 Å². The summed E-state index contributed by atoms with van der Waals surface area (Å²) in [6, 6.07) is 7.85. The molecular formula is C11H16N2O2S. The first kappa shape index (κ1) is 11.6. The molecule has 16 heavy (non-hydrogen) atoms. The summed E-state index contributed by atoms with van der Waals surface area (Å²) >= 11 is 0. The highest BCUT2D eigenvalue weighted by Crippen LogP contribution is 2.33. The van der Waals surface area contributed by atoms with Crippen LogP contribution in [0.2, 0.25) is 0 Å². The van der Waals surface area contributed by atoms with Crippen LogP contribution in [0.1, 0.15) is 30.0 Å². The van der Waals surface area contributed by atoms with Gasteiger partial charge in [-0.15, -0.1) is 0 Å². The van der Waals surface area contributed by atoms with Crippen LogP contribution >= 0.6 is 0 Å². The van der Waals surface area contributed by atoms with Crippen LogP contribution in [0, 0.1) is 0 Å². The molecule has 0 bridgehead atoms. The molecule has 1 aliphatic rings. The van der Waals surface area contributed by atoms with Crippen molar-refractivity contribution < 1.29 is 8.42 Å². The highest BCUT2D eigenvalue weighted by molar-refractivity contribution is 7.86. The van der Waals surface area contributed by atoms with Crippen LogP contribution in [0.4, 0.5) is 0 Å². The van der Waals surface area contributed by atoms with Crippen molar-refractivity contribution in [3.05, 3.63) is 35.4 Å². The third-order valence-corrected chi connectivity index (χ3v) is 4.24. The van der Waals surface area contributed by atoms with Crippen LogP contribution in [0.15, 0.2) is 24.3 Å². The van der Waals surface area contributed by atoms with Gasteiger partial charge in [0.2, 0.25) is 0 Å². The normalized spacial score (nSPS) is 20.8. The molecule has 0 saturated carbocycles. The fraction of sp³-hybridized carbons (Fsp3) is 0.455. The molecule has 0 spiro atoms. The molecule has 4 nitrogen and oxygen atoms in total. The number of nitrogens with zero attached hydrogens (tertiary/aromatic N) is 1. The lowest BCUT2D eigenvalue weighted by molar-refractivity contribution is 0.338. The molecule has 0 fully saturated rings. The van der Waals surface area contributed by atoms with Gasteiger partial charge in [0.15, 0.2) is 0 Å². The summed E-state index contributed by atoms with van der Waals surface area (Å²) in [7, 11) is -2.07. The summed E-state index contributed by atoms with van der Waals surface area (Å²) in [6.45, 7) is 0. The summed E-state index contributed by atoms with van der Waals surface area (Å²) in [5.41, 5.74) is 2.32. The maximum absolute atomic E-state index is 11.3. The van der Waals surface area contributed by atoms with E-state index in [2.05, 4.69) is 6.07 Å². The van der Waals surface area contributed by atoms with Gasteiger partial charge in [-0.1, -0.05) is 24.3 Å². The van der Waals surface area contributed by atoms with Gasteiger partial charge in [0.25, 0.3) is 10.2 Å². The van der Waals surface area contributed by atoms with Gasteiger partial charge in [-0.05, 0) is 30.4 Å². The summed E-state index contributed by atoms with van der Waals surface area (Å²) in [4.78, 5) is 0. The van der Waals surface area contributed by atoms with Crippen LogP contribution in [0.3, 0.4) is 0 Å². The van der Waals surface area contributed by atoms with Gasteiger partial charge < -0.3 is 0 Å². The minimum Gasteiger partial charge on any atom is -0.216 e. The van der Waals surface area contributed by atoms with Crippen molar-refractivity contribution in [1.29, 1.82) is 0 Å². The zero-order valence-corrected chi connectivity index (χ0v) is 10.1. The Hall–Kier alpha value is -0.910. The zero-order chi connectivity index (χ0) is 11.8. The summed E-state index contributed by atoms with van der Waals surface area (Å²) in [6.07, 6.45) is 2.86. The Bertz CT molecular complexity index is 485. The fourth-order valence-electron chi connectivity index (χ4n) is 2.28.